The van der Waals surface area contributed by atoms with Gasteiger partial charge in [0, 0.05) is 0 Å². The van der Waals surface area contributed by atoms with Gasteiger partial charge in [-0.05, 0) is 24.3 Å². The lowest BCUT2D eigenvalue weighted by Crippen LogP contribution is -1.95. The smallest absolute Gasteiger partial charge is 0.429 e. The summed E-state index contributed by atoms with van der Waals surface area (Å²) in [4.78, 5) is 3.89. The summed E-state index contributed by atoms with van der Waals surface area (Å²) >= 11 is 0. The van der Waals surface area contributed by atoms with Gasteiger partial charge < -0.3 is 21.5 Å². The van der Waals surface area contributed by atoms with Gasteiger partial charge in [0.25, 0.3) is 0 Å². The molecule has 2 rings (SSSR count). The molecule has 0 bridgehead atoms. The largest absolute Gasteiger partial charge is 0.482 e. The van der Waals surface area contributed by atoms with Crippen LogP contribution < -0.4 is 11.5 Å². The van der Waals surface area contributed by atoms with Crippen LogP contribution in [0.1, 0.15) is 0 Å². The van der Waals surface area contributed by atoms with E-state index in [1.54, 1.807) is 12.1 Å². The number of benzene rings is 1. The van der Waals surface area contributed by atoms with Crippen LogP contribution in [-0.2, 0) is 0 Å². The summed E-state index contributed by atoms with van der Waals surface area (Å²) in [5.41, 5.74) is 12.4. The first-order chi connectivity index (χ1) is 9.17. The van der Waals surface area contributed by atoms with Gasteiger partial charge in [-0.25, -0.2) is 4.98 Å². The number of nitrogen functional groups attached to an aromatic ring is 2. The van der Waals surface area contributed by atoms with Crippen LogP contribution in [-0.4, -0.2) is 22.7 Å². The van der Waals surface area contributed by atoms with E-state index in [9.17, 15) is 0 Å². The molecule has 1 heterocycles. The Morgan fingerprint density at radius 3 is 2.10 bits per heavy atom. The lowest BCUT2D eigenvalue weighted by molar-refractivity contribution is 0.448. The molecule has 0 fully saturated rings. The zero-order chi connectivity index (χ0) is 14.1. The molecule has 0 unspecified atom stereocenters. The molecule has 9 heteroatoms. The summed E-state index contributed by atoms with van der Waals surface area (Å²) in [6, 6.07) is 12.7. The number of anilines is 2. The number of nitrogens with zero attached hydrogens (tertiary/aromatic N) is 3. The van der Waals surface area contributed by atoms with Crippen molar-refractivity contribution in [3.8, 4) is 0 Å². The van der Waals surface area contributed by atoms with Crippen LogP contribution in [0.2, 0.25) is 0 Å². The number of pyridine rings is 1. The molecule has 0 atom stereocenters. The van der Waals surface area contributed by atoms with Gasteiger partial charge in [0.2, 0.25) is 0 Å². The molecule has 0 aliphatic rings. The number of hydrogen-bond acceptors (Lipinski definition) is 7. The summed E-state index contributed by atoms with van der Waals surface area (Å²) in [5, 5.41) is 22.0. The molecule has 1 radical (unpaired) electrons. The molecule has 0 amide bonds. The fourth-order valence-corrected chi connectivity index (χ4v) is 1.17. The van der Waals surface area contributed by atoms with Gasteiger partial charge in [-0.1, -0.05) is 18.2 Å². The predicted octanol–water partition coefficient (Wildman–Crippen LogP) is 1.59. The third-order valence-electron chi connectivity index (χ3n) is 1.95. The second-order valence-corrected chi connectivity index (χ2v) is 3.29. The van der Waals surface area contributed by atoms with Crippen LogP contribution in [0.15, 0.2) is 52.7 Å². The van der Waals surface area contributed by atoms with Gasteiger partial charge in [0.1, 0.15) is 11.5 Å². The highest BCUT2D eigenvalue weighted by Crippen LogP contribution is 2.23. The fourth-order valence-electron chi connectivity index (χ4n) is 1.17. The van der Waals surface area contributed by atoms with Gasteiger partial charge in [0.15, 0.2) is 5.82 Å². The maximum atomic E-state index is 7.00. The Hall–Kier alpha value is -2.16. The Kier molecular flexibility index (Phi) is 8.68. The molecule has 1 aromatic heterocycles. The summed E-state index contributed by atoms with van der Waals surface area (Å²) in [7, 11) is 0. The molecule has 0 saturated carbocycles. The van der Waals surface area contributed by atoms with E-state index in [1.165, 1.54) is 0 Å². The Bertz CT molecular complexity index is 542. The van der Waals surface area contributed by atoms with Crippen molar-refractivity contribution in [2.24, 2.45) is 10.2 Å². The van der Waals surface area contributed by atoms with Crippen molar-refractivity contribution in [1.82, 2.24) is 4.98 Å². The second kappa shape index (κ2) is 9.73. The summed E-state index contributed by atoms with van der Waals surface area (Å²) in [5.74, 6) is 0.649. The van der Waals surface area contributed by atoms with Crippen LogP contribution >= 0.6 is 12.4 Å². The number of azo groups is 1. The van der Waals surface area contributed by atoms with Gasteiger partial charge in [-0.2, -0.15) is 5.11 Å². The highest BCUT2D eigenvalue weighted by atomic mass is 35.5. The lowest BCUT2D eigenvalue weighted by Gasteiger charge is -1.98. The second-order valence-electron chi connectivity index (χ2n) is 3.29. The molecule has 1 aromatic carbocycles. The maximum Gasteiger partial charge on any atom is 0.482 e. The minimum atomic E-state index is 0. The van der Waals surface area contributed by atoms with Gasteiger partial charge >= 0.3 is 7.69 Å². The fraction of sp³-hybridized carbons (Fsp3) is 0. The van der Waals surface area contributed by atoms with E-state index in [0.29, 0.717) is 11.5 Å². The minimum Gasteiger partial charge on any atom is -0.429 e. The topological polar surface area (TPSA) is 130 Å². The highest BCUT2D eigenvalue weighted by Gasteiger charge is 1.98. The zero-order valence-electron chi connectivity index (χ0n) is 10.4. The molecule has 2 aromatic rings. The van der Waals surface area contributed by atoms with Crippen molar-refractivity contribution in [3.63, 3.8) is 0 Å². The normalized spacial score (nSPS) is 9.30. The monoisotopic (exact) mass is 294 g/mol. The van der Waals surface area contributed by atoms with Crippen LogP contribution in [0.5, 0.6) is 0 Å². The molecule has 20 heavy (non-hydrogen) atoms. The Balaban J connectivity index is 0.000000830. The average Bonchev–Trinajstić information content (AvgIpc) is 2.40. The Morgan fingerprint density at radius 2 is 1.55 bits per heavy atom. The van der Waals surface area contributed by atoms with E-state index in [0.717, 1.165) is 5.69 Å². The lowest BCUT2D eigenvalue weighted by atomic mass is 10.3. The van der Waals surface area contributed by atoms with Gasteiger partial charge in [-0.15, -0.1) is 17.5 Å². The third kappa shape index (κ3) is 6.14. The summed E-state index contributed by atoms with van der Waals surface area (Å²) in [6.07, 6.45) is 0. The first-order valence-electron chi connectivity index (χ1n) is 5.26. The quantitative estimate of drug-likeness (QED) is 0.493. The molecule has 0 saturated heterocycles. The van der Waals surface area contributed by atoms with Crippen molar-refractivity contribution in [3.05, 3.63) is 42.5 Å². The predicted molar refractivity (Wildman–Crippen MR) is 81.1 cm³/mol. The van der Waals surface area contributed by atoms with Crippen LogP contribution in [0.25, 0.3) is 0 Å². The van der Waals surface area contributed by atoms with Crippen molar-refractivity contribution in [2.75, 3.05) is 11.5 Å². The standard InChI is InChI=1S/C11H11N5.BH2O2.ClH/c12-10-7-6-9(11(13)14-10)16-15-8-4-2-1-3-5-8;2-1-3;/h1-7H,(H4,12,13,14);2-3H;1H. The first-order valence-corrected chi connectivity index (χ1v) is 5.26. The molecular formula is C11H14BClN5O2. The third-order valence-corrected chi connectivity index (χ3v) is 1.95. The van der Waals surface area contributed by atoms with Gasteiger partial charge in [-0.3, -0.25) is 0 Å². The van der Waals surface area contributed by atoms with Crippen molar-refractivity contribution in [2.45, 2.75) is 0 Å². The maximum absolute atomic E-state index is 7.00. The minimum absolute atomic E-state index is 0. The molecule has 6 N–H and O–H groups in total. The van der Waals surface area contributed by atoms with Gasteiger partial charge in [0.05, 0.1) is 5.69 Å². The number of aromatic nitrogens is 1. The van der Waals surface area contributed by atoms with Crippen LogP contribution in [0, 0.1) is 0 Å². The molecule has 0 aliphatic carbocycles. The molecular weight excluding hydrogens is 280 g/mol. The van der Waals surface area contributed by atoms with Crippen molar-refractivity contribution in [1.29, 1.82) is 0 Å². The average molecular weight is 295 g/mol. The van der Waals surface area contributed by atoms with E-state index in [2.05, 4.69) is 15.2 Å². The molecule has 0 spiro atoms. The van der Waals surface area contributed by atoms with Crippen molar-refractivity contribution >= 4 is 43.1 Å². The number of halogens is 1. The molecule has 105 valence electrons. The highest BCUT2D eigenvalue weighted by molar-refractivity contribution is 6.13. The van der Waals surface area contributed by atoms with E-state index >= 15 is 0 Å². The van der Waals surface area contributed by atoms with Crippen LogP contribution in [0.4, 0.5) is 23.0 Å². The van der Waals surface area contributed by atoms with Crippen LogP contribution in [0.3, 0.4) is 0 Å². The summed E-state index contributed by atoms with van der Waals surface area (Å²) < 4.78 is 0. The van der Waals surface area contributed by atoms with Crippen molar-refractivity contribution < 1.29 is 10.0 Å². The number of nitrogens with two attached hydrogens (primary N) is 2. The van der Waals surface area contributed by atoms with E-state index in [-0.39, 0.29) is 25.9 Å². The number of hydrogen-bond donors (Lipinski definition) is 4. The van der Waals surface area contributed by atoms with E-state index < -0.39 is 0 Å². The Labute approximate surface area is 123 Å². The molecule has 0 aliphatic heterocycles. The van der Waals surface area contributed by atoms with E-state index in [1.807, 2.05) is 30.3 Å². The zero-order valence-corrected chi connectivity index (χ0v) is 11.2. The Morgan fingerprint density at radius 1 is 0.950 bits per heavy atom. The first kappa shape index (κ1) is 17.8. The number of rotatable bonds is 2. The summed E-state index contributed by atoms with van der Waals surface area (Å²) in [6.45, 7) is 0. The SMILES string of the molecule is Cl.Nc1ccc(N=Nc2ccccc2)c(N)n1.O[B]O. The van der Waals surface area contributed by atoms with E-state index in [4.69, 9.17) is 21.5 Å². The molecule has 7 nitrogen and oxygen atoms in total.